The third kappa shape index (κ3) is 3.88. The highest BCUT2D eigenvalue weighted by molar-refractivity contribution is 6.07. The second-order valence-corrected chi connectivity index (χ2v) is 8.06. The van der Waals surface area contributed by atoms with Crippen molar-refractivity contribution in [3.63, 3.8) is 0 Å². The lowest BCUT2D eigenvalue weighted by Crippen LogP contribution is -2.42. The summed E-state index contributed by atoms with van der Waals surface area (Å²) in [5.41, 5.74) is 5.20. The number of nitrogens with one attached hydrogen (secondary N) is 1. The maximum absolute atomic E-state index is 13.1. The Morgan fingerprint density at radius 2 is 1.93 bits per heavy atom. The molecule has 0 bridgehead atoms. The first-order valence-corrected chi connectivity index (χ1v) is 10.5. The largest absolute Gasteiger partial charge is 0.455 e. The van der Waals surface area contributed by atoms with Crippen molar-refractivity contribution in [1.82, 2.24) is 10.3 Å². The number of furan rings is 1. The van der Waals surface area contributed by atoms with Crippen molar-refractivity contribution in [2.75, 3.05) is 6.54 Å². The van der Waals surface area contributed by atoms with Gasteiger partial charge in [-0.2, -0.15) is 5.10 Å². The number of hydrogen-bond donors (Lipinski definition) is 1. The lowest BCUT2D eigenvalue weighted by atomic mass is 9.93. The average Bonchev–Trinajstić information content (AvgIpc) is 3.09. The summed E-state index contributed by atoms with van der Waals surface area (Å²) in [7, 11) is 0. The average molecular weight is 411 g/mol. The van der Waals surface area contributed by atoms with Crippen LogP contribution < -0.4 is 5.43 Å². The van der Waals surface area contributed by atoms with Gasteiger partial charge in [-0.3, -0.25) is 9.59 Å². The zero-order valence-electron chi connectivity index (χ0n) is 17.3. The fraction of sp³-hybridized carbons (Fsp3) is 0.435. The number of carbonyl (C=O) groups excluding carboxylic acids is 2. The van der Waals surface area contributed by atoms with Gasteiger partial charge in [-0.15, -0.1) is 0 Å². The predicted octanol–water partition coefficient (Wildman–Crippen LogP) is 4.21. The van der Waals surface area contributed by atoms with Crippen LogP contribution in [-0.2, 0) is 6.42 Å². The number of piperidine rings is 1. The molecule has 1 saturated heterocycles. The van der Waals surface area contributed by atoms with Gasteiger partial charge in [-0.05, 0) is 70.2 Å². The minimum absolute atomic E-state index is 0.0659. The highest BCUT2D eigenvalue weighted by Crippen LogP contribution is 2.31. The van der Waals surface area contributed by atoms with Crippen LogP contribution in [0.3, 0.4) is 0 Å². The fourth-order valence-electron chi connectivity index (χ4n) is 4.30. The Balaban J connectivity index is 1.58. The summed E-state index contributed by atoms with van der Waals surface area (Å²) in [6, 6.07) is 5.50. The Morgan fingerprint density at radius 3 is 2.67 bits per heavy atom. The molecule has 30 heavy (non-hydrogen) atoms. The van der Waals surface area contributed by atoms with Gasteiger partial charge < -0.3 is 9.32 Å². The number of fused-ring (bicyclic) bond motifs is 1. The molecule has 1 fully saturated rings. The summed E-state index contributed by atoms with van der Waals surface area (Å²) < 4.78 is 19.1. The van der Waals surface area contributed by atoms with E-state index in [0.717, 1.165) is 55.5 Å². The van der Waals surface area contributed by atoms with Gasteiger partial charge >= 0.3 is 0 Å². The second kappa shape index (κ2) is 8.42. The smallest absolute Gasteiger partial charge is 0.290 e. The van der Waals surface area contributed by atoms with Crippen LogP contribution in [0.15, 0.2) is 33.8 Å². The molecule has 1 aromatic heterocycles. The summed E-state index contributed by atoms with van der Waals surface area (Å²) in [5, 5.41) is 4.32. The van der Waals surface area contributed by atoms with Crippen LogP contribution in [0.25, 0.3) is 0 Å². The van der Waals surface area contributed by atoms with Crippen LogP contribution in [-0.4, -0.2) is 35.0 Å². The number of hydrogen-bond acceptors (Lipinski definition) is 4. The molecule has 1 aliphatic carbocycles. The Labute approximate surface area is 175 Å². The highest BCUT2D eigenvalue weighted by atomic mass is 19.1. The number of benzene rings is 1. The number of aryl methyl sites for hydroxylation is 1. The lowest BCUT2D eigenvalue weighted by Gasteiger charge is -2.32. The predicted molar refractivity (Wildman–Crippen MR) is 111 cm³/mol. The van der Waals surface area contributed by atoms with Crippen molar-refractivity contribution >= 4 is 17.5 Å². The van der Waals surface area contributed by atoms with Crippen molar-refractivity contribution in [2.24, 2.45) is 5.10 Å². The first-order chi connectivity index (χ1) is 14.5. The first-order valence-electron chi connectivity index (χ1n) is 10.5. The van der Waals surface area contributed by atoms with E-state index in [4.69, 9.17) is 4.42 Å². The highest BCUT2D eigenvalue weighted by Gasteiger charge is 2.32. The maximum atomic E-state index is 13.1. The number of rotatable bonds is 3. The number of likely N-dealkylation sites (tertiary alicyclic amines) is 1. The van der Waals surface area contributed by atoms with E-state index in [-0.39, 0.29) is 11.9 Å². The van der Waals surface area contributed by atoms with Crippen molar-refractivity contribution in [3.8, 4) is 0 Å². The third-order valence-corrected chi connectivity index (χ3v) is 5.98. The molecule has 2 aromatic rings. The van der Waals surface area contributed by atoms with E-state index in [1.165, 1.54) is 24.3 Å². The van der Waals surface area contributed by atoms with E-state index < -0.39 is 11.7 Å². The van der Waals surface area contributed by atoms with Crippen LogP contribution in [0, 0.1) is 12.7 Å². The van der Waals surface area contributed by atoms with Gasteiger partial charge in [0.2, 0.25) is 0 Å². The van der Waals surface area contributed by atoms with Gasteiger partial charge in [0.25, 0.3) is 11.8 Å². The van der Waals surface area contributed by atoms with Crippen LogP contribution in [0.2, 0.25) is 0 Å². The molecular weight excluding hydrogens is 385 g/mol. The molecule has 1 aliphatic heterocycles. The first kappa shape index (κ1) is 20.3. The summed E-state index contributed by atoms with van der Waals surface area (Å²) in [5.74, 6) is 0.261. The zero-order chi connectivity index (χ0) is 21.3. The van der Waals surface area contributed by atoms with Crippen LogP contribution in [0.5, 0.6) is 0 Å². The number of hydrazone groups is 1. The van der Waals surface area contributed by atoms with Gasteiger partial charge in [0.05, 0.1) is 5.71 Å². The van der Waals surface area contributed by atoms with Gasteiger partial charge in [0.1, 0.15) is 11.6 Å². The SMILES string of the molecule is Cc1c(C(=O)N2CCCCC2C)oc2c1/C(=N/NC(=O)c1ccc(F)cc1)CCC2. The second-order valence-electron chi connectivity index (χ2n) is 8.06. The van der Waals surface area contributed by atoms with Crippen molar-refractivity contribution in [1.29, 1.82) is 0 Å². The Kier molecular flexibility index (Phi) is 5.70. The summed E-state index contributed by atoms with van der Waals surface area (Å²) in [6.07, 6.45) is 5.42. The minimum atomic E-state index is -0.408. The van der Waals surface area contributed by atoms with E-state index in [0.29, 0.717) is 23.5 Å². The topological polar surface area (TPSA) is 74.9 Å². The Morgan fingerprint density at radius 1 is 1.17 bits per heavy atom. The summed E-state index contributed by atoms with van der Waals surface area (Å²) >= 11 is 0. The van der Waals surface area contributed by atoms with Crippen LogP contribution in [0.4, 0.5) is 4.39 Å². The molecule has 0 radical (unpaired) electrons. The Hall–Kier alpha value is -2.96. The monoisotopic (exact) mass is 411 g/mol. The molecule has 2 aliphatic rings. The maximum Gasteiger partial charge on any atom is 0.290 e. The molecule has 1 atom stereocenters. The molecular formula is C23H26FN3O3. The van der Waals surface area contributed by atoms with Crippen LogP contribution in [0.1, 0.15) is 76.8 Å². The summed E-state index contributed by atoms with van der Waals surface area (Å²) in [6.45, 7) is 4.71. The minimum Gasteiger partial charge on any atom is -0.455 e. The normalized spacial score (nSPS) is 20.2. The van der Waals surface area contributed by atoms with E-state index >= 15 is 0 Å². The van der Waals surface area contributed by atoms with E-state index in [9.17, 15) is 14.0 Å². The quantitative estimate of drug-likeness (QED) is 0.769. The van der Waals surface area contributed by atoms with Crippen molar-refractivity contribution < 1.29 is 18.4 Å². The number of amides is 2. The zero-order valence-corrected chi connectivity index (χ0v) is 17.3. The molecule has 2 amide bonds. The molecule has 0 spiro atoms. The van der Waals surface area contributed by atoms with E-state index in [1.54, 1.807) is 0 Å². The molecule has 1 N–H and O–H groups in total. The van der Waals surface area contributed by atoms with Gasteiger partial charge in [-0.1, -0.05) is 0 Å². The molecule has 7 heteroatoms. The van der Waals surface area contributed by atoms with E-state index in [1.807, 2.05) is 11.8 Å². The van der Waals surface area contributed by atoms with Gasteiger partial charge in [0, 0.05) is 35.7 Å². The molecule has 6 nitrogen and oxygen atoms in total. The third-order valence-electron chi connectivity index (χ3n) is 5.98. The number of nitrogens with zero attached hydrogens (tertiary/aromatic N) is 2. The Bertz CT molecular complexity index is 994. The standard InChI is InChI=1S/C23H26FN3O3/c1-14-6-3-4-13-27(14)23(29)21-15(2)20-18(7-5-8-19(20)30-21)25-26-22(28)16-9-11-17(24)12-10-16/h9-12,14H,3-8,13H2,1-2H3,(H,26,28)/b25-18+. The van der Waals surface area contributed by atoms with Crippen molar-refractivity contribution in [2.45, 2.75) is 58.4 Å². The molecule has 4 rings (SSSR count). The van der Waals surface area contributed by atoms with E-state index in [2.05, 4.69) is 17.5 Å². The molecule has 0 saturated carbocycles. The van der Waals surface area contributed by atoms with Crippen molar-refractivity contribution in [3.05, 3.63) is 58.3 Å². The number of carbonyl (C=O) groups is 2. The van der Waals surface area contributed by atoms with Gasteiger partial charge in [-0.25, -0.2) is 9.82 Å². The molecule has 1 unspecified atom stereocenters. The molecule has 158 valence electrons. The number of halogens is 1. The van der Waals surface area contributed by atoms with Crippen LogP contribution >= 0.6 is 0 Å². The molecule has 1 aromatic carbocycles. The fourth-order valence-corrected chi connectivity index (χ4v) is 4.30. The lowest BCUT2D eigenvalue weighted by molar-refractivity contribution is 0.0600. The molecule has 2 heterocycles. The van der Waals surface area contributed by atoms with Gasteiger partial charge in [0.15, 0.2) is 5.76 Å². The summed E-state index contributed by atoms with van der Waals surface area (Å²) in [4.78, 5) is 27.3.